The van der Waals surface area contributed by atoms with Gasteiger partial charge in [0, 0.05) is 22.0 Å². The molecule has 0 aliphatic carbocycles. The molecule has 0 bridgehead atoms. The minimum atomic E-state index is -2.74. The number of carbonyl (C=O) groups is 3. The number of amides is 2. The Morgan fingerprint density at radius 3 is 1.64 bits per heavy atom. The lowest BCUT2D eigenvalue weighted by molar-refractivity contribution is -0.148. The van der Waals surface area contributed by atoms with Crippen LogP contribution in [-0.4, -0.2) is 29.1 Å². The average molecular weight is 500 g/mol. The lowest BCUT2D eigenvalue weighted by atomic mass is 10.1. The number of nitrogens with zero attached hydrogens (tertiary/aromatic N) is 2. The Balaban J connectivity index is 1.98. The van der Waals surface area contributed by atoms with Crippen LogP contribution in [0.2, 0.25) is 0 Å². The van der Waals surface area contributed by atoms with Gasteiger partial charge in [0.1, 0.15) is 5.60 Å². The summed E-state index contributed by atoms with van der Waals surface area (Å²) in [6.45, 7) is 5.14. The number of esters is 1. The van der Waals surface area contributed by atoms with Crippen LogP contribution < -0.4 is 21.2 Å². The number of imide groups is 1. The molecule has 1 aliphatic heterocycles. The first-order valence-corrected chi connectivity index (χ1v) is 13.1. The van der Waals surface area contributed by atoms with Crippen LogP contribution >= 0.6 is 7.05 Å². The molecular weight excluding hydrogens is 473 g/mol. The smallest absolute Gasteiger partial charge is 0.332 e. The Bertz CT molecular complexity index is 1300. The lowest BCUT2D eigenvalue weighted by Crippen LogP contribution is -2.25. The zero-order valence-electron chi connectivity index (χ0n) is 20.2. The molecule has 36 heavy (non-hydrogen) atoms. The standard InChI is InChI=1S/C28H26N3O4P/c1-28(2,3)35-24(32)19-23-25(27(34)29-26(23)33)30-31-36(20-13-7-4-8-14-20,21-15-9-5-10-16-21)22-17-11-6-12-18-22/h4-19H,1-3H3,(H,29,33,34)/b23-19+,30-25-. The first kappa shape index (κ1) is 25.0. The number of hydrogen-bond donors (Lipinski definition) is 1. The van der Waals surface area contributed by atoms with E-state index in [-0.39, 0.29) is 11.3 Å². The summed E-state index contributed by atoms with van der Waals surface area (Å²) < 4.78 is 5.30. The van der Waals surface area contributed by atoms with Crippen LogP contribution in [-0.2, 0) is 19.1 Å². The van der Waals surface area contributed by atoms with Gasteiger partial charge in [0.25, 0.3) is 11.8 Å². The van der Waals surface area contributed by atoms with Crippen molar-refractivity contribution in [3.05, 3.63) is 103 Å². The maximum absolute atomic E-state index is 12.7. The van der Waals surface area contributed by atoms with Gasteiger partial charge >= 0.3 is 5.97 Å². The predicted molar refractivity (Wildman–Crippen MR) is 142 cm³/mol. The molecule has 3 aromatic carbocycles. The number of nitrogens with one attached hydrogen (secondary N) is 1. The minimum Gasteiger partial charge on any atom is -0.457 e. The summed E-state index contributed by atoms with van der Waals surface area (Å²) in [4.78, 5) is 42.5. The van der Waals surface area contributed by atoms with Gasteiger partial charge in [-0.15, -0.1) is 5.10 Å². The molecule has 1 N–H and O–H groups in total. The van der Waals surface area contributed by atoms with E-state index in [1.54, 1.807) is 20.8 Å². The molecule has 0 unspecified atom stereocenters. The Kier molecular flexibility index (Phi) is 7.13. The second-order valence-corrected chi connectivity index (χ2v) is 12.1. The number of ether oxygens (including phenoxy) is 1. The molecule has 1 fully saturated rings. The fourth-order valence-electron chi connectivity index (χ4n) is 3.79. The van der Waals surface area contributed by atoms with E-state index < -0.39 is 30.4 Å². The fourth-order valence-corrected chi connectivity index (χ4v) is 7.03. The Morgan fingerprint density at radius 2 is 1.22 bits per heavy atom. The molecule has 0 atom stereocenters. The van der Waals surface area contributed by atoms with Crippen LogP contribution in [0.1, 0.15) is 20.8 Å². The molecule has 0 spiro atoms. The van der Waals surface area contributed by atoms with Crippen LogP contribution in [0, 0.1) is 0 Å². The summed E-state index contributed by atoms with van der Waals surface area (Å²) >= 11 is 0. The molecule has 0 saturated carbocycles. The van der Waals surface area contributed by atoms with Crippen molar-refractivity contribution in [1.29, 1.82) is 0 Å². The van der Waals surface area contributed by atoms with Gasteiger partial charge in [-0.25, -0.2) is 4.79 Å². The van der Waals surface area contributed by atoms with Gasteiger partial charge in [-0.05, 0) is 20.8 Å². The Morgan fingerprint density at radius 1 is 0.778 bits per heavy atom. The molecule has 3 aromatic rings. The Labute approximate surface area is 210 Å². The van der Waals surface area contributed by atoms with Crippen molar-refractivity contribution in [2.75, 3.05) is 0 Å². The maximum atomic E-state index is 12.7. The highest BCUT2D eigenvalue weighted by Crippen LogP contribution is 2.46. The third-order valence-electron chi connectivity index (χ3n) is 5.28. The molecular formula is C28H26N3O4P. The van der Waals surface area contributed by atoms with Crippen LogP contribution in [0.3, 0.4) is 0 Å². The first-order valence-electron chi connectivity index (χ1n) is 11.4. The number of benzene rings is 3. The maximum Gasteiger partial charge on any atom is 0.332 e. The monoisotopic (exact) mass is 499 g/mol. The zero-order valence-corrected chi connectivity index (χ0v) is 21.1. The van der Waals surface area contributed by atoms with E-state index in [1.807, 2.05) is 91.0 Å². The predicted octanol–water partition coefficient (Wildman–Crippen LogP) is 3.44. The summed E-state index contributed by atoms with van der Waals surface area (Å²) in [6, 6.07) is 29.2. The van der Waals surface area contributed by atoms with Crippen molar-refractivity contribution in [2.45, 2.75) is 26.4 Å². The highest BCUT2D eigenvalue weighted by atomic mass is 31.2. The van der Waals surface area contributed by atoms with Gasteiger partial charge in [0.2, 0.25) is 0 Å². The number of rotatable bonds is 5. The third-order valence-corrected chi connectivity index (χ3v) is 8.77. The third kappa shape index (κ3) is 5.26. The molecule has 4 rings (SSSR count). The van der Waals surface area contributed by atoms with E-state index >= 15 is 0 Å². The fraction of sp³-hybridized carbons (Fsp3) is 0.143. The normalized spacial score (nSPS) is 16.2. The molecule has 182 valence electrons. The van der Waals surface area contributed by atoms with Crippen LogP contribution in [0.5, 0.6) is 0 Å². The summed E-state index contributed by atoms with van der Waals surface area (Å²) in [5, 5.41) is 9.35. The van der Waals surface area contributed by atoms with Crippen molar-refractivity contribution in [3.8, 4) is 0 Å². The summed E-state index contributed by atoms with van der Waals surface area (Å²) in [6.07, 6.45) is 0.994. The quantitative estimate of drug-likeness (QED) is 0.191. The molecule has 1 saturated heterocycles. The van der Waals surface area contributed by atoms with E-state index in [0.717, 1.165) is 22.0 Å². The Hall–Kier alpha value is -4.09. The largest absolute Gasteiger partial charge is 0.457 e. The topological polar surface area (TPSA) is 97.2 Å². The van der Waals surface area contributed by atoms with Gasteiger partial charge in [0.05, 0.1) is 12.6 Å². The van der Waals surface area contributed by atoms with E-state index in [2.05, 4.69) is 10.4 Å². The summed E-state index contributed by atoms with van der Waals surface area (Å²) in [5.41, 5.74) is -1.16. The van der Waals surface area contributed by atoms with E-state index in [0.29, 0.717) is 0 Å². The zero-order chi connectivity index (χ0) is 25.8. The summed E-state index contributed by atoms with van der Waals surface area (Å²) in [7, 11) is -2.74. The molecule has 8 heteroatoms. The van der Waals surface area contributed by atoms with Crippen molar-refractivity contribution >= 4 is 46.5 Å². The van der Waals surface area contributed by atoms with Gasteiger partial charge in [-0.2, -0.15) is 4.85 Å². The summed E-state index contributed by atoms with van der Waals surface area (Å²) in [5.74, 6) is -2.18. The highest BCUT2D eigenvalue weighted by molar-refractivity contribution is 7.87. The molecule has 1 aliphatic rings. The molecule has 0 radical (unpaired) electrons. The van der Waals surface area contributed by atoms with E-state index in [1.165, 1.54) is 0 Å². The first-order chi connectivity index (χ1) is 17.2. The average Bonchev–Trinajstić information content (AvgIpc) is 3.12. The van der Waals surface area contributed by atoms with Gasteiger partial charge in [-0.3, -0.25) is 14.9 Å². The van der Waals surface area contributed by atoms with Gasteiger partial charge < -0.3 is 4.74 Å². The number of carbonyl (C=O) groups excluding carboxylic acids is 3. The van der Waals surface area contributed by atoms with Crippen molar-refractivity contribution in [1.82, 2.24) is 5.32 Å². The second-order valence-electron chi connectivity index (χ2n) is 9.05. The van der Waals surface area contributed by atoms with Crippen molar-refractivity contribution in [3.63, 3.8) is 0 Å². The minimum absolute atomic E-state index is 0.176. The van der Waals surface area contributed by atoms with E-state index in [9.17, 15) is 14.4 Å². The molecule has 2 amide bonds. The van der Waals surface area contributed by atoms with Crippen LogP contribution in [0.15, 0.2) is 113 Å². The van der Waals surface area contributed by atoms with E-state index in [4.69, 9.17) is 9.59 Å². The van der Waals surface area contributed by atoms with Crippen molar-refractivity contribution < 1.29 is 19.1 Å². The van der Waals surface area contributed by atoms with Gasteiger partial charge in [-0.1, -0.05) is 91.0 Å². The second kappa shape index (κ2) is 10.3. The van der Waals surface area contributed by atoms with Crippen LogP contribution in [0.4, 0.5) is 0 Å². The van der Waals surface area contributed by atoms with Crippen molar-refractivity contribution in [2.24, 2.45) is 9.96 Å². The number of hydrogen-bond acceptors (Lipinski definition) is 5. The SMILES string of the molecule is CC(C)(C)OC(=O)/C=C1/C(=O)NC(=O)/C1=N\N=P(c1ccccc1)(c1ccccc1)c1ccccc1. The molecule has 1 heterocycles. The van der Waals surface area contributed by atoms with Gasteiger partial charge in [0.15, 0.2) is 5.71 Å². The highest BCUT2D eigenvalue weighted by Gasteiger charge is 2.35. The van der Waals surface area contributed by atoms with Crippen LogP contribution in [0.25, 0.3) is 0 Å². The lowest BCUT2D eigenvalue weighted by Gasteiger charge is -2.25. The molecule has 7 nitrogen and oxygen atoms in total. The molecule has 0 aromatic heterocycles.